The molecule has 0 atom stereocenters. The Bertz CT molecular complexity index is 961. The molecule has 1 aliphatic heterocycles. The number of oxime groups is 1. The van der Waals surface area contributed by atoms with Gasteiger partial charge in [0.2, 0.25) is 10.0 Å². The van der Waals surface area contributed by atoms with Crippen molar-refractivity contribution in [1.82, 2.24) is 13.9 Å². The lowest BCUT2D eigenvalue weighted by Gasteiger charge is -2.26. The first-order chi connectivity index (χ1) is 13.6. The zero-order valence-electron chi connectivity index (χ0n) is 15.5. The van der Waals surface area contributed by atoms with Gasteiger partial charge in [0, 0.05) is 33.0 Å². The van der Waals surface area contributed by atoms with E-state index in [4.69, 9.17) is 4.84 Å². The van der Waals surface area contributed by atoms with Crippen molar-refractivity contribution < 1.29 is 31.2 Å². The third-order valence-electron chi connectivity index (χ3n) is 4.32. The molecule has 1 aliphatic rings. The van der Waals surface area contributed by atoms with Gasteiger partial charge in [-0.25, -0.2) is 13.4 Å². The molecule has 0 saturated carbocycles. The number of aryl methyl sites for hydroxylation is 1. The highest BCUT2D eigenvalue weighted by atomic mass is 32.2. The molecule has 1 aromatic carbocycles. The van der Waals surface area contributed by atoms with Gasteiger partial charge in [0.15, 0.2) is 6.61 Å². The first-order valence-electron chi connectivity index (χ1n) is 8.64. The van der Waals surface area contributed by atoms with Crippen LogP contribution in [0.15, 0.2) is 46.8 Å². The van der Waals surface area contributed by atoms with E-state index in [0.29, 0.717) is 12.8 Å². The minimum absolute atomic E-state index is 0.0973. The Hall–Kier alpha value is -2.60. The maximum Gasteiger partial charge on any atom is 0.573 e. The zero-order chi connectivity index (χ0) is 21.1. The Morgan fingerprint density at radius 2 is 1.83 bits per heavy atom. The van der Waals surface area contributed by atoms with Gasteiger partial charge < -0.3 is 14.1 Å². The third-order valence-corrected chi connectivity index (χ3v) is 6.23. The van der Waals surface area contributed by atoms with Gasteiger partial charge >= 0.3 is 6.36 Å². The highest BCUT2D eigenvalue weighted by Crippen LogP contribution is 2.26. The summed E-state index contributed by atoms with van der Waals surface area (Å²) in [5.41, 5.74) is 1.60. The third kappa shape index (κ3) is 5.48. The second-order valence-electron chi connectivity index (χ2n) is 6.35. The molecule has 1 fully saturated rings. The molecular formula is C17H19F3N4O4S. The van der Waals surface area contributed by atoms with Gasteiger partial charge in [0.1, 0.15) is 5.75 Å². The highest BCUT2D eigenvalue weighted by molar-refractivity contribution is 7.89. The minimum Gasteiger partial charge on any atom is -0.406 e. The second kappa shape index (κ2) is 8.41. The maximum atomic E-state index is 12.7. The standard InChI is InChI=1S/C17H19F3N4O4S/c1-23-12-21-10-14(23)11-27-22-13-6-8-24(9-7-13)29(25,26)16-4-2-15(3-5-16)28-17(18,19)20/h2-5,10,12H,6-9,11H2,1H3. The summed E-state index contributed by atoms with van der Waals surface area (Å²) >= 11 is 0. The van der Waals surface area contributed by atoms with Crippen LogP contribution in [0.4, 0.5) is 13.2 Å². The van der Waals surface area contributed by atoms with Crippen molar-refractivity contribution >= 4 is 15.7 Å². The molecule has 2 heterocycles. The average Bonchev–Trinajstić information content (AvgIpc) is 3.06. The van der Waals surface area contributed by atoms with Gasteiger partial charge in [-0.1, -0.05) is 5.16 Å². The lowest BCUT2D eigenvalue weighted by atomic mass is 10.1. The Labute approximate surface area is 165 Å². The fourth-order valence-electron chi connectivity index (χ4n) is 2.75. The molecule has 158 valence electrons. The monoisotopic (exact) mass is 432 g/mol. The SMILES string of the molecule is Cn1cncc1CON=C1CCN(S(=O)(=O)c2ccc(OC(F)(F)F)cc2)CC1. The molecule has 0 aliphatic carbocycles. The summed E-state index contributed by atoms with van der Waals surface area (Å²) in [6.07, 6.45) is -0.709. The molecular weight excluding hydrogens is 413 g/mol. The van der Waals surface area contributed by atoms with Crippen molar-refractivity contribution in [3.05, 3.63) is 42.5 Å². The van der Waals surface area contributed by atoms with E-state index in [2.05, 4.69) is 14.9 Å². The molecule has 12 heteroatoms. The number of rotatable bonds is 6. The molecule has 2 aromatic rings. The van der Waals surface area contributed by atoms with Crippen LogP contribution >= 0.6 is 0 Å². The molecule has 29 heavy (non-hydrogen) atoms. The quantitative estimate of drug-likeness (QED) is 0.655. The van der Waals surface area contributed by atoms with Crippen molar-refractivity contribution in [2.24, 2.45) is 12.2 Å². The minimum atomic E-state index is -4.83. The van der Waals surface area contributed by atoms with Crippen molar-refractivity contribution in [2.45, 2.75) is 30.7 Å². The Morgan fingerprint density at radius 3 is 2.38 bits per heavy atom. The van der Waals surface area contributed by atoms with E-state index in [-0.39, 0.29) is 24.6 Å². The first-order valence-corrected chi connectivity index (χ1v) is 10.1. The number of sulfonamides is 1. The molecule has 0 bridgehead atoms. The molecule has 0 spiro atoms. The van der Waals surface area contributed by atoms with Crippen molar-refractivity contribution in [2.75, 3.05) is 13.1 Å². The van der Waals surface area contributed by atoms with Gasteiger partial charge in [0.25, 0.3) is 0 Å². The Kier molecular flexibility index (Phi) is 6.13. The number of hydrogen-bond donors (Lipinski definition) is 0. The van der Waals surface area contributed by atoms with E-state index < -0.39 is 22.1 Å². The largest absolute Gasteiger partial charge is 0.573 e. The summed E-state index contributed by atoms with van der Waals surface area (Å²) in [6, 6.07) is 4.14. The molecule has 1 saturated heterocycles. The fourth-order valence-corrected chi connectivity index (χ4v) is 4.19. The van der Waals surface area contributed by atoms with E-state index in [1.165, 1.54) is 4.31 Å². The van der Waals surface area contributed by atoms with Crippen LogP contribution in [0.1, 0.15) is 18.5 Å². The van der Waals surface area contributed by atoms with Crippen molar-refractivity contribution in [1.29, 1.82) is 0 Å². The summed E-state index contributed by atoms with van der Waals surface area (Å²) in [6.45, 7) is 0.669. The fraction of sp³-hybridized carbons (Fsp3) is 0.412. The average molecular weight is 432 g/mol. The number of halogens is 3. The normalized spacial score (nSPS) is 15.9. The van der Waals surface area contributed by atoms with E-state index >= 15 is 0 Å². The number of aromatic nitrogens is 2. The van der Waals surface area contributed by atoms with Gasteiger partial charge in [-0.3, -0.25) is 0 Å². The van der Waals surface area contributed by atoms with Crippen LogP contribution in [0.3, 0.4) is 0 Å². The number of nitrogens with zero attached hydrogens (tertiary/aromatic N) is 4. The van der Waals surface area contributed by atoms with Crippen LogP contribution in [0.2, 0.25) is 0 Å². The van der Waals surface area contributed by atoms with Crippen LogP contribution in [0, 0.1) is 0 Å². The smallest absolute Gasteiger partial charge is 0.406 e. The van der Waals surface area contributed by atoms with E-state index in [9.17, 15) is 21.6 Å². The van der Waals surface area contributed by atoms with Gasteiger partial charge in [0.05, 0.1) is 28.8 Å². The molecule has 8 nitrogen and oxygen atoms in total. The summed E-state index contributed by atoms with van der Waals surface area (Å²) < 4.78 is 68.8. The highest BCUT2D eigenvalue weighted by Gasteiger charge is 2.32. The van der Waals surface area contributed by atoms with E-state index in [1.807, 2.05) is 7.05 Å². The van der Waals surface area contributed by atoms with Gasteiger partial charge in [-0.15, -0.1) is 13.2 Å². The number of ether oxygens (including phenoxy) is 1. The molecule has 0 unspecified atom stereocenters. The molecule has 1 aromatic heterocycles. The predicted octanol–water partition coefficient (Wildman–Crippen LogP) is 2.68. The van der Waals surface area contributed by atoms with Crippen LogP contribution in [-0.2, 0) is 28.5 Å². The number of hydrogen-bond acceptors (Lipinski definition) is 6. The Morgan fingerprint density at radius 1 is 1.17 bits per heavy atom. The van der Waals surface area contributed by atoms with E-state index in [0.717, 1.165) is 35.7 Å². The summed E-state index contributed by atoms with van der Waals surface area (Å²) in [4.78, 5) is 9.19. The molecule has 3 rings (SSSR count). The molecule has 0 radical (unpaired) electrons. The summed E-state index contributed by atoms with van der Waals surface area (Å²) in [5, 5.41) is 4.07. The second-order valence-corrected chi connectivity index (χ2v) is 8.29. The molecule has 0 amide bonds. The Balaban J connectivity index is 1.56. The first kappa shape index (κ1) is 21.1. The lowest BCUT2D eigenvalue weighted by molar-refractivity contribution is -0.274. The van der Waals surface area contributed by atoms with E-state index in [1.54, 1.807) is 17.1 Å². The van der Waals surface area contributed by atoms with Gasteiger partial charge in [-0.2, -0.15) is 4.31 Å². The van der Waals surface area contributed by atoms with Crippen LogP contribution in [0.5, 0.6) is 5.75 Å². The maximum absolute atomic E-state index is 12.7. The molecule has 0 N–H and O–H groups in total. The van der Waals surface area contributed by atoms with Crippen molar-refractivity contribution in [3.63, 3.8) is 0 Å². The predicted molar refractivity (Wildman–Crippen MR) is 96.5 cm³/mol. The van der Waals surface area contributed by atoms with Crippen LogP contribution < -0.4 is 4.74 Å². The summed E-state index contributed by atoms with van der Waals surface area (Å²) in [5.74, 6) is -0.477. The number of imidazole rings is 1. The summed E-state index contributed by atoms with van der Waals surface area (Å²) in [7, 11) is -1.98. The lowest BCUT2D eigenvalue weighted by Crippen LogP contribution is -2.38. The topological polar surface area (TPSA) is 86.0 Å². The van der Waals surface area contributed by atoms with Crippen molar-refractivity contribution in [3.8, 4) is 5.75 Å². The number of benzene rings is 1. The van der Waals surface area contributed by atoms with Gasteiger partial charge in [-0.05, 0) is 24.3 Å². The number of alkyl halides is 3. The number of piperidine rings is 1. The van der Waals surface area contributed by atoms with Crippen LogP contribution in [0.25, 0.3) is 0 Å². The zero-order valence-corrected chi connectivity index (χ0v) is 16.3. The van der Waals surface area contributed by atoms with Crippen LogP contribution in [-0.4, -0.2) is 47.4 Å².